The molecule has 0 spiro atoms. The second-order valence-corrected chi connectivity index (χ2v) is 5.47. The number of phenolic OH excluding ortho intramolecular Hbond substituents is 1. The lowest BCUT2D eigenvalue weighted by atomic mass is 9.98. The molecule has 1 fully saturated rings. The molecule has 4 heteroatoms. The van der Waals surface area contributed by atoms with Crippen LogP contribution in [0.3, 0.4) is 0 Å². The van der Waals surface area contributed by atoms with Crippen molar-refractivity contribution in [2.24, 2.45) is 0 Å². The molecule has 19 heavy (non-hydrogen) atoms. The average Bonchev–Trinajstić information content (AvgIpc) is 2.37. The van der Waals surface area contributed by atoms with Gasteiger partial charge in [0.05, 0.1) is 0 Å². The molecule has 0 aliphatic carbocycles. The minimum atomic E-state index is -0.0878. The number of piperidine rings is 1. The zero-order valence-corrected chi connectivity index (χ0v) is 11.8. The van der Waals surface area contributed by atoms with Crippen LogP contribution in [-0.4, -0.2) is 41.6 Å². The number of nitrogens with zero attached hydrogens (tertiary/aromatic N) is 1. The molecule has 1 aliphatic rings. The van der Waals surface area contributed by atoms with Gasteiger partial charge in [-0.25, -0.2) is 0 Å². The van der Waals surface area contributed by atoms with Crippen molar-refractivity contribution in [1.29, 1.82) is 0 Å². The van der Waals surface area contributed by atoms with Gasteiger partial charge in [-0.2, -0.15) is 0 Å². The Bertz CT molecular complexity index is 473. The molecule has 0 radical (unpaired) electrons. The zero-order valence-electron chi connectivity index (χ0n) is 11.8. The summed E-state index contributed by atoms with van der Waals surface area (Å²) in [6.07, 6.45) is 1.95. The van der Waals surface area contributed by atoms with Gasteiger partial charge in [0.25, 0.3) is 5.91 Å². The average molecular weight is 262 g/mol. The number of hydrogen-bond acceptors (Lipinski definition) is 3. The maximum Gasteiger partial charge on any atom is 0.251 e. The number of likely N-dealkylation sites (tertiary alicyclic amines) is 1. The number of benzene rings is 1. The van der Waals surface area contributed by atoms with E-state index in [-0.39, 0.29) is 17.7 Å². The van der Waals surface area contributed by atoms with Gasteiger partial charge in [0.15, 0.2) is 0 Å². The Labute approximate surface area is 114 Å². The Morgan fingerprint density at radius 2 is 2.21 bits per heavy atom. The molecule has 104 valence electrons. The molecule has 2 atom stereocenters. The Balaban J connectivity index is 2.03. The molecular formula is C15H22N2O2. The van der Waals surface area contributed by atoms with Crippen LogP contribution in [0.2, 0.25) is 0 Å². The molecule has 1 heterocycles. The van der Waals surface area contributed by atoms with E-state index in [0.29, 0.717) is 17.2 Å². The highest BCUT2D eigenvalue weighted by Gasteiger charge is 2.24. The maximum absolute atomic E-state index is 12.2. The number of phenols is 1. The molecule has 4 nitrogen and oxygen atoms in total. The van der Waals surface area contributed by atoms with Gasteiger partial charge >= 0.3 is 0 Å². The lowest BCUT2D eigenvalue weighted by Gasteiger charge is -2.35. The summed E-state index contributed by atoms with van der Waals surface area (Å²) in [5, 5.41) is 12.7. The van der Waals surface area contributed by atoms with Gasteiger partial charge in [0.2, 0.25) is 0 Å². The molecule has 1 aliphatic heterocycles. The van der Waals surface area contributed by atoms with Crippen molar-refractivity contribution in [3.63, 3.8) is 0 Å². The van der Waals surface area contributed by atoms with Gasteiger partial charge in [0.1, 0.15) is 5.75 Å². The lowest BCUT2D eigenvalue weighted by molar-refractivity contribution is 0.0895. The van der Waals surface area contributed by atoms with Crippen LogP contribution in [0.5, 0.6) is 5.75 Å². The first-order chi connectivity index (χ1) is 8.99. The summed E-state index contributed by atoms with van der Waals surface area (Å²) in [5.74, 6) is 0.0829. The number of amides is 1. The minimum Gasteiger partial charge on any atom is -0.508 e. The molecule has 0 aromatic heterocycles. The minimum absolute atomic E-state index is 0.0878. The highest BCUT2D eigenvalue weighted by Crippen LogP contribution is 2.21. The highest BCUT2D eigenvalue weighted by molar-refractivity contribution is 5.96. The third-order valence-electron chi connectivity index (χ3n) is 4.09. The predicted molar refractivity (Wildman–Crippen MR) is 75.4 cm³/mol. The number of carbonyl (C=O) groups is 1. The van der Waals surface area contributed by atoms with Gasteiger partial charge in [-0.3, -0.25) is 4.79 Å². The fourth-order valence-electron chi connectivity index (χ4n) is 2.55. The maximum atomic E-state index is 12.2. The van der Waals surface area contributed by atoms with Crippen molar-refractivity contribution in [3.05, 3.63) is 29.3 Å². The summed E-state index contributed by atoms with van der Waals surface area (Å²) in [4.78, 5) is 14.5. The van der Waals surface area contributed by atoms with E-state index in [1.807, 2.05) is 0 Å². The SMILES string of the molecule is Cc1c(O)cccc1C(=O)NC1CCN(C)C(C)C1. The molecule has 1 amide bonds. The van der Waals surface area contributed by atoms with Crippen molar-refractivity contribution in [1.82, 2.24) is 10.2 Å². The van der Waals surface area contributed by atoms with Crippen LogP contribution in [0.25, 0.3) is 0 Å². The van der Waals surface area contributed by atoms with E-state index in [4.69, 9.17) is 0 Å². The van der Waals surface area contributed by atoms with Crippen LogP contribution in [-0.2, 0) is 0 Å². The lowest BCUT2D eigenvalue weighted by Crippen LogP contribution is -2.47. The van der Waals surface area contributed by atoms with Gasteiger partial charge in [-0.05, 0) is 45.9 Å². The zero-order chi connectivity index (χ0) is 14.0. The van der Waals surface area contributed by atoms with Crippen LogP contribution in [0.1, 0.15) is 35.7 Å². The van der Waals surface area contributed by atoms with E-state index in [1.165, 1.54) is 0 Å². The largest absolute Gasteiger partial charge is 0.508 e. The summed E-state index contributed by atoms with van der Waals surface area (Å²) in [6, 6.07) is 5.77. The smallest absolute Gasteiger partial charge is 0.251 e. The quantitative estimate of drug-likeness (QED) is 0.856. The van der Waals surface area contributed by atoms with E-state index in [9.17, 15) is 9.90 Å². The Kier molecular flexibility index (Phi) is 4.10. The first kappa shape index (κ1) is 13.9. The highest BCUT2D eigenvalue weighted by atomic mass is 16.3. The molecule has 2 unspecified atom stereocenters. The van der Waals surface area contributed by atoms with E-state index in [0.717, 1.165) is 19.4 Å². The van der Waals surface area contributed by atoms with Gasteiger partial charge < -0.3 is 15.3 Å². The molecule has 0 saturated carbocycles. The Morgan fingerprint density at radius 3 is 2.89 bits per heavy atom. The van der Waals surface area contributed by atoms with Gasteiger partial charge in [0, 0.05) is 29.8 Å². The van der Waals surface area contributed by atoms with Crippen molar-refractivity contribution in [2.75, 3.05) is 13.6 Å². The third kappa shape index (κ3) is 3.07. The Hall–Kier alpha value is -1.55. The van der Waals surface area contributed by atoms with Crippen LogP contribution in [0, 0.1) is 6.92 Å². The summed E-state index contributed by atoms with van der Waals surface area (Å²) < 4.78 is 0. The number of carbonyl (C=O) groups excluding carboxylic acids is 1. The second-order valence-electron chi connectivity index (χ2n) is 5.47. The fraction of sp³-hybridized carbons (Fsp3) is 0.533. The van der Waals surface area contributed by atoms with Crippen molar-refractivity contribution in [3.8, 4) is 5.75 Å². The first-order valence-corrected chi connectivity index (χ1v) is 6.78. The van der Waals surface area contributed by atoms with Crippen LogP contribution in [0.15, 0.2) is 18.2 Å². The van der Waals surface area contributed by atoms with Crippen molar-refractivity contribution < 1.29 is 9.90 Å². The predicted octanol–water partition coefficient (Wildman–Crippen LogP) is 1.91. The number of rotatable bonds is 2. The van der Waals surface area contributed by atoms with E-state index in [2.05, 4.69) is 24.2 Å². The van der Waals surface area contributed by atoms with Gasteiger partial charge in [-0.15, -0.1) is 0 Å². The van der Waals surface area contributed by atoms with Crippen LogP contribution < -0.4 is 5.32 Å². The van der Waals surface area contributed by atoms with Crippen molar-refractivity contribution >= 4 is 5.91 Å². The molecule has 1 aromatic carbocycles. The summed E-state index contributed by atoms with van der Waals surface area (Å²) >= 11 is 0. The van der Waals surface area contributed by atoms with Gasteiger partial charge in [-0.1, -0.05) is 6.07 Å². The molecule has 1 aromatic rings. The summed E-state index contributed by atoms with van der Waals surface area (Å²) in [6.45, 7) is 4.95. The summed E-state index contributed by atoms with van der Waals surface area (Å²) in [5.41, 5.74) is 1.20. The van der Waals surface area contributed by atoms with E-state index < -0.39 is 0 Å². The number of aromatic hydroxyl groups is 1. The number of nitrogens with one attached hydrogen (secondary N) is 1. The number of hydrogen-bond donors (Lipinski definition) is 2. The standard InChI is InChI=1S/C15H22N2O2/c1-10-9-12(7-8-17(10)3)16-15(19)13-5-4-6-14(18)11(13)2/h4-6,10,12,18H,7-9H2,1-3H3,(H,16,19). The Morgan fingerprint density at radius 1 is 1.47 bits per heavy atom. The monoisotopic (exact) mass is 262 g/mol. The van der Waals surface area contributed by atoms with Crippen LogP contribution >= 0.6 is 0 Å². The normalized spacial score (nSPS) is 24.2. The molecule has 0 bridgehead atoms. The van der Waals surface area contributed by atoms with Crippen LogP contribution in [0.4, 0.5) is 0 Å². The fourth-order valence-corrected chi connectivity index (χ4v) is 2.55. The molecule has 1 saturated heterocycles. The summed E-state index contributed by atoms with van der Waals surface area (Å²) in [7, 11) is 2.11. The molecule has 2 rings (SSSR count). The second kappa shape index (κ2) is 5.61. The molecule has 2 N–H and O–H groups in total. The third-order valence-corrected chi connectivity index (χ3v) is 4.09. The topological polar surface area (TPSA) is 52.6 Å². The first-order valence-electron chi connectivity index (χ1n) is 6.78. The molecular weight excluding hydrogens is 240 g/mol. The van der Waals surface area contributed by atoms with Crippen molar-refractivity contribution in [2.45, 2.75) is 38.8 Å². The van der Waals surface area contributed by atoms with E-state index >= 15 is 0 Å². The van der Waals surface area contributed by atoms with E-state index in [1.54, 1.807) is 25.1 Å².